The van der Waals surface area contributed by atoms with E-state index in [9.17, 15) is 4.79 Å². The average Bonchev–Trinajstić information content (AvgIpc) is 3.41. The highest BCUT2D eigenvalue weighted by molar-refractivity contribution is 8.19. The van der Waals surface area contributed by atoms with Crippen LogP contribution in [0.15, 0.2) is 53.9 Å². The summed E-state index contributed by atoms with van der Waals surface area (Å²) in [6.45, 7) is 0. The second kappa shape index (κ2) is 9.03. The summed E-state index contributed by atoms with van der Waals surface area (Å²) in [5.41, 5.74) is 3.00. The third-order valence-corrected chi connectivity index (χ3v) is 8.26. The summed E-state index contributed by atoms with van der Waals surface area (Å²) >= 11 is 5.44. The molecule has 0 N–H and O–H groups in total. The molecule has 1 aliphatic heterocycles. The molecule has 7 heteroatoms. The SMILES string of the molecule is COc1ccc(-c2nc(CC(=O)Oc3ccc(C4SCCS4)cc3)cs2)cc1. The summed E-state index contributed by atoms with van der Waals surface area (Å²) in [6, 6.07) is 15.6. The van der Waals surface area contributed by atoms with Crippen LogP contribution in [0.25, 0.3) is 10.6 Å². The highest BCUT2D eigenvalue weighted by Crippen LogP contribution is 2.45. The molecule has 0 amide bonds. The fourth-order valence-electron chi connectivity index (χ4n) is 2.81. The Morgan fingerprint density at radius 1 is 1.04 bits per heavy atom. The van der Waals surface area contributed by atoms with Gasteiger partial charge in [0.25, 0.3) is 0 Å². The van der Waals surface area contributed by atoms with Gasteiger partial charge in [-0.3, -0.25) is 4.79 Å². The normalized spacial score (nSPS) is 14.2. The van der Waals surface area contributed by atoms with Crippen LogP contribution in [-0.2, 0) is 11.2 Å². The van der Waals surface area contributed by atoms with Crippen molar-refractivity contribution in [1.29, 1.82) is 0 Å². The summed E-state index contributed by atoms with van der Waals surface area (Å²) in [7, 11) is 1.64. The monoisotopic (exact) mass is 429 g/mol. The molecule has 1 aromatic heterocycles. The Balaban J connectivity index is 1.35. The smallest absolute Gasteiger partial charge is 0.317 e. The molecule has 3 aromatic rings. The summed E-state index contributed by atoms with van der Waals surface area (Å²) in [5.74, 6) is 3.47. The van der Waals surface area contributed by atoms with Gasteiger partial charge in [-0.15, -0.1) is 34.9 Å². The van der Waals surface area contributed by atoms with Gasteiger partial charge in [-0.1, -0.05) is 12.1 Å². The van der Waals surface area contributed by atoms with E-state index in [2.05, 4.69) is 4.98 Å². The summed E-state index contributed by atoms with van der Waals surface area (Å²) < 4.78 is 11.1. The zero-order valence-electron chi connectivity index (χ0n) is 15.3. The number of ether oxygens (including phenoxy) is 2. The van der Waals surface area contributed by atoms with Gasteiger partial charge in [0.1, 0.15) is 16.5 Å². The Kier molecular flexibility index (Phi) is 6.24. The molecular weight excluding hydrogens is 410 g/mol. The second-order valence-electron chi connectivity index (χ2n) is 6.17. The standard InChI is InChI=1S/C21H19NO3S3/c1-24-17-6-2-14(3-7-17)20-22-16(13-28-20)12-19(23)25-18-8-4-15(5-9-18)21-26-10-11-27-21/h2-9,13,21H,10-12H2,1H3. The first kappa shape index (κ1) is 19.4. The number of carbonyl (C=O) groups excluding carboxylic acids is 1. The number of aromatic nitrogens is 1. The van der Waals surface area contributed by atoms with E-state index in [1.165, 1.54) is 28.4 Å². The minimum atomic E-state index is -0.302. The van der Waals surface area contributed by atoms with Crippen molar-refractivity contribution in [3.63, 3.8) is 0 Å². The number of methoxy groups -OCH3 is 1. The Morgan fingerprint density at radius 2 is 1.71 bits per heavy atom. The van der Waals surface area contributed by atoms with Gasteiger partial charge in [-0.25, -0.2) is 4.98 Å². The van der Waals surface area contributed by atoms with E-state index >= 15 is 0 Å². The Hall–Kier alpha value is -1.96. The lowest BCUT2D eigenvalue weighted by molar-refractivity contribution is -0.133. The second-order valence-corrected chi connectivity index (χ2v) is 9.75. The van der Waals surface area contributed by atoms with Gasteiger partial charge in [-0.05, 0) is 42.0 Å². The molecule has 0 radical (unpaired) electrons. The molecular formula is C21H19NO3S3. The molecule has 1 fully saturated rings. The fraction of sp³-hybridized carbons (Fsp3) is 0.238. The Morgan fingerprint density at radius 3 is 2.39 bits per heavy atom. The zero-order valence-corrected chi connectivity index (χ0v) is 17.7. The van der Waals surface area contributed by atoms with Crippen LogP contribution < -0.4 is 9.47 Å². The van der Waals surface area contributed by atoms with Crippen LogP contribution in [0.5, 0.6) is 11.5 Å². The van der Waals surface area contributed by atoms with E-state index in [0.717, 1.165) is 22.0 Å². The van der Waals surface area contributed by atoms with Crippen molar-refractivity contribution < 1.29 is 14.3 Å². The fourth-order valence-corrected chi connectivity index (χ4v) is 6.50. The lowest BCUT2D eigenvalue weighted by atomic mass is 10.2. The lowest BCUT2D eigenvalue weighted by Gasteiger charge is -2.09. The summed E-state index contributed by atoms with van der Waals surface area (Å²) in [4.78, 5) is 16.8. The van der Waals surface area contributed by atoms with Gasteiger partial charge in [-0.2, -0.15) is 0 Å². The zero-order chi connectivity index (χ0) is 19.3. The number of carbonyl (C=O) groups is 1. The number of hydrogen-bond acceptors (Lipinski definition) is 7. The van der Waals surface area contributed by atoms with Crippen LogP contribution in [-0.4, -0.2) is 29.6 Å². The Labute approximate surface area is 176 Å². The maximum atomic E-state index is 12.3. The lowest BCUT2D eigenvalue weighted by Crippen LogP contribution is -2.11. The van der Waals surface area contributed by atoms with Crippen LogP contribution in [0, 0.1) is 0 Å². The molecule has 0 saturated carbocycles. The predicted molar refractivity (Wildman–Crippen MR) is 118 cm³/mol. The maximum Gasteiger partial charge on any atom is 0.317 e. The van der Waals surface area contributed by atoms with Crippen molar-refractivity contribution in [2.45, 2.75) is 11.0 Å². The molecule has 2 heterocycles. The number of rotatable bonds is 6. The van der Waals surface area contributed by atoms with Gasteiger partial charge < -0.3 is 9.47 Å². The Bertz CT molecular complexity index is 932. The largest absolute Gasteiger partial charge is 0.497 e. The molecule has 0 unspecified atom stereocenters. The molecule has 4 rings (SSSR count). The highest BCUT2D eigenvalue weighted by Gasteiger charge is 2.18. The highest BCUT2D eigenvalue weighted by atomic mass is 32.2. The summed E-state index contributed by atoms with van der Waals surface area (Å²) in [6.07, 6.45) is 0.155. The van der Waals surface area contributed by atoms with Gasteiger partial charge >= 0.3 is 5.97 Å². The molecule has 0 atom stereocenters. The van der Waals surface area contributed by atoms with E-state index in [0.29, 0.717) is 10.3 Å². The van der Waals surface area contributed by atoms with Gasteiger partial charge in [0.15, 0.2) is 0 Å². The molecule has 4 nitrogen and oxygen atoms in total. The molecule has 28 heavy (non-hydrogen) atoms. The number of thioether (sulfide) groups is 2. The maximum absolute atomic E-state index is 12.3. The number of benzene rings is 2. The number of hydrogen-bond donors (Lipinski definition) is 0. The molecule has 2 aromatic carbocycles. The van der Waals surface area contributed by atoms with Crippen LogP contribution in [0.4, 0.5) is 0 Å². The van der Waals surface area contributed by atoms with Gasteiger partial charge in [0.2, 0.25) is 0 Å². The van der Waals surface area contributed by atoms with Gasteiger partial charge in [0.05, 0.1) is 23.8 Å². The first-order chi connectivity index (χ1) is 13.7. The first-order valence-corrected chi connectivity index (χ1v) is 11.8. The van der Waals surface area contributed by atoms with E-state index < -0.39 is 0 Å². The van der Waals surface area contributed by atoms with E-state index in [1.54, 1.807) is 7.11 Å². The van der Waals surface area contributed by atoms with E-state index in [1.807, 2.05) is 77.4 Å². The molecule has 1 aliphatic rings. The predicted octanol–water partition coefficient (Wildman–Crippen LogP) is 5.45. The van der Waals surface area contributed by atoms with Crippen molar-refractivity contribution in [2.24, 2.45) is 0 Å². The minimum Gasteiger partial charge on any atom is -0.497 e. The number of esters is 1. The third kappa shape index (κ3) is 4.71. The summed E-state index contributed by atoms with van der Waals surface area (Å²) in [5, 5.41) is 2.78. The van der Waals surface area contributed by atoms with Crippen LogP contribution in [0.1, 0.15) is 15.8 Å². The minimum absolute atomic E-state index is 0.155. The van der Waals surface area contributed by atoms with E-state index in [4.69, 9.17) is 9.47 Å². The number of nitrogens with zero attached hydrogens (tertiary/aromatic N) is 1. The van der Waals surface area contributed by atoms with Gasteiger partial charge in [0, 0.05) is 22.4 Å². The quantitative estimate of drug-likeness (QED) is 0.384. The van der Waals surface area contributed by atoms with Crippen LogP contribution in [0.3, 0.4) is 0 Å². The van der Waals surface area contributed by atoms with Crippen molar-refractivity contribution in [3.8, 4) is 22.1 Å². The molecule has 0 spiro atoms. The topological polar surface area (TPSA) is 48.4 Å². The first-order valence-electron chi connectivity index (χ1n) is 8.84. The molecule has 0 bridgehead atoms. The van der Waals surface area contributed by atoms with Crippen LogP contribution >= 0.6 is 34.9 Å². The van der Waals surface area contributed by atoms with Crippen molar-refractivity contribution in [2.75, 3.05) is 18.6 Å². The van der Waals surface area contributed by atoms with Crippen molar-refractivity contribution in [1.82, 2.24) is 4.98 Å². The van der Waals surface area contributed by atoms with Crippen molar-refractivity contribution in [3.05, 3.63) is 65.2 Å². The molecule has 0 aliphatic carbocycles. The average molecular weight is 430 g/mol. The molecule has 1 saturated heterocycles. The van der Waals surface area contributed by atoms with E-state index in [-0.39, 0.29) is 12.4 Å². The molecule has 144 valence electrons. The number of thiazole rings is 1. The van der Waals surface area contributed by atoms with Crippen LogP contribution in [0.2, 0.25) is 0 Å². The third-order valence-electron chi connectivity index (χ3n) is 4.22. The van der Waals surface area contributed by atoms with Crippen molar-refractivity contribution >= 4 is 40.8 Å².